The Hall–Kier alpha value is -3.47. The third-order valence-electron chi connectivity index (χ3n) is 4.55. The number of carbonyl (C=O) groups is 2. The van der Waals surface area contributed by atoms with E-state index in [0.717, 1.165) is 0 Å². The van der Waals surface area contributed by atoms with E-state index in [1.165, 1.54) is 10.6 Å². The smallest absolute Gasteiger partial charge is 0.266 e. The van der Waals surface area contributed by atoms with E-state index in [-0.39, 0.29) is 23.7 Å². The van der Waals surface area contributed by atoms with Crippen LogP contribution in [0.4, 0.5) is 5.69 Å². The first kappa shape index (κ1) is 19.3. The number of amides is 1. The van der Waals surface area contributed by atoms with Crippen LogP contribution >= 0.6 is 0 Å². The van der Waals surface area contributed by atoms with Crippen molar-refractivity contribution in [3.05, 3.63) is 93.9 Å². The van der Waals surface area contributed by atoms with E-state index in [1.807, 2.05) is 43.3 Å². The fourth-order valence-electron chi connectivity index (χ4n) is 3.16. The molecule has 0 saturated carbocycles. The number of aromatic nitrogens is 1. The van der Waals surface area contributed by atoms with Gasteiger partial charge in [0.2, 0.25) is 0 Å². The first-order valence-electron chi connectivity index (χ1n) is 9.30. The van der Waals surface area contributed by atoms with Crippen molar-refractivity contribution in [1.82, 2.24) is 4.57 Å². The van der Waals surface area contributed by atoms with E-state index < -0.39 is 5.56 Å². The zero-order valence-electron chi connectivity index (χ0n) is 15.9. The number of anilines is 1. The monoisotopic (exact) mass is 374 g/mol. The van der Waals surface area contributed by atoms with Crippen molar-refractivity contribution in [2.75, 3.05) is 5.32 Å². The normalized spacial score (nSPS) is 10.5. The van der Waals surface area contributed by atoms with Crippen molar-refractivity contribution in [3.63, 3.8) is 0 Å². The molecule has 0 spiro atoms. The summed E-state index contributed by atoms with van der Waals surface area (Å²) in [4.78, 5) is 38.5. The van der Waals surface area contributed by atoms with E-state index >= 15 is 0 Å². The minimum Gasteiger partial charge on any atom is -0.322 e. The van der Waals surface area contributed by atoms with Gasteiger partial charge >= 0.3 is 0 Å². The summed E-state index contributed by atoms with van der Waals surface area (Å²) >= 11 is 0. The Morgan fingerprint density at radius 3 is 2.07 bits per heavy atom. The molecule has 1 aromatic heterocycles. The van der Waals surface area contributed by atoms with Crippen LogP contribution in [-0.2, 0) is 6.42 Å². The molecule has 3 rings (SSSR count). The molecule has 5 heteroatoms. The molecule has 2 aromatic carbocycles. The van der Waals surface area contributed by atoms with Crippen molar-refractivity contribution in [3.8, 4) is 5.69 Å². The van der Waals surface area contributed by atoms with Crippen LogP contribution < -0.4 is 10.9 Å². The summed E-state index contributed by atoms with van der Waals surface area (Å²) in [6.07, 6.45) is 0.650. The zero-order chi connectivity index (χ0) is 20.1. The van der Waals surface area contributed by atoms with E-state index in [0.29, 0.717) is 29.1 Å². The molecule has 0 saturated heterocycles. The molecule has 5 nitrogen and oxygen atoms in total. The summed E-state index contributed by atoms with van der Waals surface area (Å²) < 4.78 is 1.48. The molecule has 1 amide bonds. The van der Waals surface area contributed by atoms with Gasteiger partial charge in [-0.25, -0.2) is 0 Å². The van der Waals surface area contributed by atoms with Crippen LogP contribution in [0, 0.1) is 0 Å². The number of hydrogen-bond acceptors (Lipinski definition) is 3. The van der Waals surface area contributed by atoms with Crippen LogP contribution in [0.2, 0.25) is 0 Å². The molecular weight excluding hydrogens is 352 g/mol. The first-order valence-corrected chi connectivity index (χ1v) is 9.30. The highest BCUT2D eigenvalue weighted by Crippen LogP contribution is 2.18. The van der Waals surface area contributed by atoms with Gasteiger partial charge in [-0.2, -0.15) is 0 Å². The Bertz CT molecular complexity index is 1050. The van der Waals surface area contributed by atoms with Crippen molar-refractivity contribution in [2.45, 2.75) is 26.7 Å². The molecule has 0 atom stereocenters. The van der Waals surface area contributed by atoms with E-state index in [4.69, 9.17) is 0 Å². The largest absolute Gasteiger partial charge is 0.322 e. The molecule has 0 unspecified atom stereocenters. The maximum atomic E-state index is 13.1. The van der Waals surface area contributed by atoms with E-state index in [9.17, 15) is 14.4 Å². The molecule has 0 fully saturated rings. The number of Topliss-reactive ketones (excluding diaryl/α,β-unsaturated/α-hetero) is 1. The molecule has 0 aliphatic rings. The standard InChI is InChI=1S/C23H22N2O3/c1-3-20-18(22(27)24-16-11-7-5-8-12-16)15-19(21(26)4-2)23(28)25(20)17-13-9-6-10-14-17/h5-15H,3-4H2,1-2H3,(H,24,27). The summed E-state index contributed by atoms with van der Waals surface area (Å²) in [6.45, 7) is 3.58. The second-order valence-electron chi connectivity index (χ2n) is 6.34. The van der Waals surface area contributed by atoms with Crippen LogP contribution in [-0.4, -0.2) is 16.3 Å². The molecule has 0 aliphatic heterocycles. The maximum Gasteiger partial charge on any atom is 0.266 e. The van der Waals surface area contributed by atoms with Crippen molar-refractivity contribution < 1.29 is 9.59 Å². The minimum atomic E-state index is -0.397. The van der Waals surface area contributed by atoms with Crippen LogP contribution in [0.3, 0.4) is 0 Å². The average Bonchev–Trinajstić information content (AvgIpc) is 2.73. The summed E-state index contributed by atoms with van der Waals surface area (Å²) in [5.41, 5.74) is 1.80. The van der Waals surface area contributed by atoms with Gasteiger partial charge in [-0.05, 0) is 36.8 Å². The highest BCUT2D eigenvalue weighted by atomic mass is 16.2. The lowest BCUT2D eigenvalue weighted by atomic mass is 10.0. The third kappa shape index (κ3) is 3.78. The minimum absolute atomic E-state index is 0.0294. The molecule has 3 aromatic rings. The van der Waals surface area contributed by atoms with Gasteiger partial charge in [-0.3, -0.25) is 19.0 Å². The summed E-state index contributed by atoms with van der Waals surface area (Å²) in [5, 5.41) is 2.85. The van der Waals surface area contributed by atoms with Gasteiger partial charge in [0.25, 0.3) is 11.5 Å². The summed E-state index contributed by atoms with van der Waals surface area (Å²) in [5.74, 6) is -0.635. The molecule has 142 valence electrons. The zero-order valence-corrected chi connectivity index (χ0v) is 15.9. The number of pyridine rings is 1. The number of benzene rings is 2. The number of para-hydroxylation sites is 2. The van der Waals surface area contributed by atoms with Crippen molar-refractivity contribution >= 4 is 17.4 Å². The van der Waals surface area contributed by atoms with E-state index in [2.05, 4.69) is 5.32 Å². The lowest BCUT2D eigenvalue weighted by Crippen LogP contribution is -2.31. The Balaban J connectivity index is 2.22. The fourth-order valence-corrected chi connectivity index (χ4v) is 3.16. The SMILES string of the molecule is CCC(=O)c1cc(C(=O)Nc2ccccc2)c(CC)n(-c2ccccc2)c1=O. The average molecular weight is 374 g/mol. The second-order valence-corrected chi connectivity index (χ2v) is 6.34. The van der Waals surface area contributed by atoms with E-state index in [1.54, 1.807) is 31.2 Å². The lowest BCUT2D eigenvalue weighted by Gasteiger charge is -2.18. The fraction of sp³-hybridized carbons (Fsp3) is 0.174. The van der Waals surface area contributed by atoms with Crippen molar-refractivity contribution in [1.29, 1.82) is 0 Å². The lowest BCUT2D eigenvalue weighted by molar-refractivity contribution is 0.0986. The number of carbonyl (C=O) groups excluding carboxylic acids is 2. The van der Waals surface area contributed by atoms with Gasteiger partial charge < -0.3 is 5.32 Å². The van der Waals surface area contributed by atoms with Gasteiger partial charge in [0, 0.05) is 23.5 Å². The molecule has 1 N–H and O–H groups in total. The quantitative estimate of drug-likeness (QED) is 0.656. The Morgan fingerprint density at radius 2 is 1.50 bits per heavy atom. The Labute approximate surface area is 163 Å². The molecule has 0 bridgehead atoms. The first-order chi connectivity index (χ1) is 13.6. The number of hydrogen-bond donors (Lipinski definition) is 1. The van der Waals surface area contributed by atoms with Gasteiger partial charge in [-0.1, -0.05) is 50.2 Å². The Morgan fingerprint density at radius 1 is 0.893 bits per heavy atom. The molecule has 28 heavy (non-hydrogen) atoms. The van der Waals surface area contributed by atoms with Gasteiger partial charge in [0.1, 0.15) is 0 Å². The third-order valence-corrected chi connectivity index (χ3v) is 4.55. The van der Waals surface area contributed by atoms with Crippen LogP contribution in [0.15, 0.2) is 71.5 Å². The number of nitrogens with one attached hydrogen (secondary N) is 1. The summed E-state index contributed by atoms with van der Waals surface area (Å²) in [6, 6.07) is 19.6. The van der Waals surface area contributed by atoms with Crippen LogP contribution in [0.25, 0.3) is 5.69 Å². The van der Waals surface area contributed by atoms with Gasteiger partial charge in [0.05, 0.1) is 11.1 Å². The maximum absolute atomic E-state index is 13.1. The van der Waals surface area contributed by atoms with Crippen molar-refractivity contribution in [2.24, 2.45) is 0 Å². The topological polar surface area (TPSA) is 68.2 Å². The number of rotatable bonds is 6. The van der Waals surface area contributed by atoms with Crippen LogP contribution in [0.5, 0.6) is 0 Å². The van der Waals surface area contributed by atoms with Crippen LogP contribution in [0.1, 0.15) is 46.7 Å². The number of ketones is 1. The Kier molecular flexibility index (Phi) is 5.84. The highest BCUT2D eigenvalue weighted by molar-refractivity contribution is 6.07. The molecule has 0 radical (unpaired) electrons. The molecule has 0 aliphatic carbocycles. The highest BCUT2D eigenvalue weighted by Gasteiger charge is 2.22. The molecular formula is C23H22N2O3. The van der Waals surface area contributed by atoms with Gasteiger partial charge in [0.15, 0.2) is 5.78 Å². The number of nitrogens with zero attached hydrogens (tertiary/aromatic N) is 1. The van der Waals surface area contributed by atoms with Gasteiger partial charge in [-0.15, -0.1) is 0 Å². The molecule has 1 heterocycles. The predicted octanol–water partition coefficient (Wildman–Crippen LogP) is 4.24. The summed E-state index contributed by atoms with van der Waals surface area (Å²) in [7, 11) is 0. The second kappa shape index (κ2) is 8.48. The predicted molar refractivity (Wildman–Crippen MR) is 110 cm³/mol.